The van der Waals surface area contributed by atoms with Crippen LogP contribution in [0.15, 0.2) is 67.4 Å². The average molecular weight is 320 g/mol. The molecule has 0 spiro atoms. The molecule has 0 aliphatic heterocycles. The first-order valence-electron chi connectivity index (χ1n) is 7.75. The first-order chi connectivity index (χ1) is 11.6. The van der Waals surface area contributed by atoms with Crippen molar-refractivity contribution >= 4 is 0 Å². The van der Waals surface area contributed by atoms with Gasteiger partial charge in [-0.3, -0.25) is 4.98 Å². The molecule has 0 saturated heterocycles. The van der Waals surface area contributed by atoms with E-state index in [1.54, 1.807) is 18.3 Å². The van der Waals surface area contributed by atoms with Crippen molar-refractivity contribution in [1.29, 1.82) is 0 Å². The number of aromatic hydroxyl groups is 1. The Labute approximate surface area is 141 Å². The molecule has 1 aromatic carbocycles. The van der Waals surface area contributed by atoms with Crippen LogP contribution in [0.1, 0.15) is 22.5 Å². The smallest absolute Gasteiger partial charge is 0.115 e. The SMILES string of the molecule is C=C(N)Cc1c(Cc2cccnc2)ncn1Cc1cccc(O)c1. The lowest BCUT2D eigenvalue weighted by atomic mass is 10.1. The summed E-state index contributed by atoms with van der Waals surface area (Å²) in [5.74, 6) is 0.257. The summed E-state index contributed by atoms with van der Waals surface area (Å²) < 4.78 is 2.05. The molecule has 3 N–H and O–H groups in total. The second kappa shape index (κ2) is 7.00. The summed E-state index contributed by atoms with van der Waals surface area (Å²) in [6.07, 6.45) is 6.67. The molecule has 0 fully saturated rings. The number of allylic oxidation sites excluding steroid dienone is 1. The third kappa shape index (κ3) is 3.81. The summed E-state index contributed by atoms with van der Waals surface area (Å²) in [5, 5.41) is 9.64. The van der Waals surface area contributed by atoms with Crippen molar-refractivity contribution in [3.8, 4) is 5.75 Å². The van der Waals surface area contributed by atoms with E-state index in [2.05, 4.69) is 21.1 Å². The monoisotopic (exact) mass is 320 g/mol. The molecule has 2 heterocycles. The third-order valence-corrected chi connectivity index (χ3v) is 3.79. The fraction of sp³-hybridized carbons (Fsp3) is 0.158. The molecule has 3 rings (SSSR count). The number of nitrogens with two attached hydrogens (primary N) is 1. The van der Waals surface area contributed by atoms with E-state index in [0.717, 1.165) is 22.5 Å². The van der Waals surface area contributed by atoms with Crippen molar-refractivity contribution in [3.05, 3.63) is 89.9 Å². The molecule has 0 unspecified atom stereocenters. The normalized spacial score (nSPS) is 10.7. The van der Waals surface area contributed by atoms with Gasteiger partial charge in [-0.1, -0.05) is 24.8 Å². The molecule has 24 heavy (non-hydrogen) atoms. The third-order valence-electron chi connectivity index (χ3n) is 3.79. The summed E-state index contributed by atoms with van der Waals surface area (Å²) in [6.45, 7) is 4.45. The minimum atomic E-state index is 0.257. The maximum atomic E-state index is 9.64. The predicted octanol–water partition coefficient (Wildman–Crippen LogP) is 2.64. The number of hydrogen-bond acceptors (Lipinski definition) is 4. The van der Waals surface area contributed by atoms with Crippen LogP contribution in [0.25, 0.3) is 0 Å². The molecule has 0 bridgehead atoms. The maximum Gasteiger partial charge on any atom is 0.115 e. The summed E-state index contributed by atoms with van der Waals surface area (Å²) in [6, 6.07) is 11.2. The molecule has 0 saturated carbocycles. The molecule has 0 atom stereocenters. The van der Waals surface area contributed by atoms with Gasteiger partial charge in [0.2, 0.25) is 0 Å². The van der Waals surface area contributed by atoms with Gasteiger partial charge in [-0.15, -0.1) is 0 Å². The number of phenols is 1. The van der Waals surface area contributed by atoms with Crippen molar-refractivity contribution in [2.45, 2.75) is 19.4 Å². The standard InChI is InChI=1S/C19H20N4O/c1-14(20)8-19-18(10-15-5-3-7-21-11-15)22-13-23(19)12-16-4-2-6-17(24)9-16/h2-7,9,11,13,24H,1,8,10,12,20H2. The Hall–Kier alpha value is -3.08. The minimum absolute atomic E-state index is 0.257. The van der Waals surface area contributed by atoms with E-state index in [9.17, 15) is 5.11 Å². The fourth-order valence-electron chi connectivity index (χ4n) is 2.70. The molecule has 0 radical (unpaired) electrons. The molecular weight excluding hydrogens is 300 g/mol. The number of imidazole rings is 1. The van der Waals surface area contributed by atoms with Gasteiger partial charge in [0.15, 0.2) is 0 Å². The van der Waals surface area contributed by atoms with E-state index in [-0.39, 0.29) is 5.75 Å². The number of benzene rings is 1. The number of rotatable bonds is 6. The van der Waals surface area contributed by atoms with Crippen LogP contribution in [0.3, 0.4) is 0 Å². The van der Waals surface area contributed by atoms with E-state index >= 15 is 0 Å². The highest BCUT2D eigenvalue weighted by atomic mass is 16.3. The first kappa shape index (κ1) is 15.8. The number of nitrogens with zero attached hydrogens (tertiary/aromatic N) is 3. The predicted molar refractivity (Wildman–Crippen MR) is 93.5 cm³/mol. The summed E-state index contributed by atoms with van der Waals surface area (Å²) in [7, 11) is 0. The van der Waals surface area contributed by atoms with Crippen molar-refractivity contribution in [2.75, 3.05) is 0 Å². The average Bonchev–Trinajstić information content (AvgIpc) is 2.90. The maximum absolute atomic E-state index is 9.64. The van der Waals surface area contributed by atoms with Gasteiger partial charge in [0.1, 0.15) is 5.75 Å². The van der Waals surface area contributed by atoms with Crippen molar-refractivity contribution in [1.82, 2.24) is 14.5 Å². The molecule has 0 amide bonds. The van der Waals surface area contributed by atoms with Gasteiger partial charge < -0.3 is 15.4 Å². The summed E-state index contributed by atoms with van der Waals surface area (Å²) in [4.78, 5) is 8.71. The van der Waals surface area contributed by atoms with Gasteiger partial charge in [0.25, 0.3) is 0 Å². The number of phenolic OH excluding ortho intramolecular Hbond substituents is 1. The van der Waals surface area contributed by atoms with Gasteiger partial charge >= 0.3 is 0 Å². The fourth-order valence-corrected chi connectivity index (χ4v) is 2.70. The van der Waals surface area contributed by atoms with Crippen LogP contribution < -0.4 is 5.73 Å². The second-order valence-electron chi connectivity index (χ2n) is 5.81. The Morgan fingerprint density at radius 2 is 2.04 bits per heavy atom. The van der Waals surface area contributed by atoms with Gasteiger partial charge in [-0.25, -0.2) is 4.98 Å². The number of hydrogen-bond donors (Lipinski definition) is 2. The highest BCUT2D eigenvalue weighted by Crippen LogP contribution is 2.18. The van der Waals surface area contributed by atoms with Crippen LogP contribution in [-0.4, -0.2) is 19.6 Å². The molecule has 0 aliphatic carbocycles. The van der Waals surface area contributed by atoms with E-state index in [4.69, 9.17) is 5.73 Å². The van der Waals surface area contributed by atoms with Crippen LogP contribution in [0, 0.1) is 0 Å². The summed E-state index contributed by atoms with van der Waals surface area (Å²) in [5.41, 5.74) is 10.6. The van der Waals surface area contributed by atoms with Crippen LogP contribution in [-0.2, 0) is 19.4 Å². The lowest BCUT2D eigenvalue weighted by molar-refractivity contribution is 0.474. The van der Waals surface area contributed by atoms with Crippen LogP contribution in [0.2, 0.25) is 0 Å². The Morgan fingerprint density at radius 1 is 1.21 bits per heavy atom. The van der Waals surface area contributed by atoms with Crippen molar-refractivity contribution < 1.29 is 5.11 Å². The van der Waals surface area contributed by atoms with Crippen LogP contribution >= 0.6 is 0 Å². The van der Waals surface area contributed by atoms with Crippen molar-refractivity contribution in [2.24, 2.45) is 5.73 Å². The van der Waals surface area contributed by atoms with Crippen molar-refractivity contribution in [3.63, 3.8) is 0 Å². The molecule has 5 nitrogen and oxygen atoms in total. The lowest BCUT2D eigenvalue weighted by Crippen LogP contribution is -2.09. The van der Waals surface area contributed by atoms with E-state index in [1.807, 2.05) is 36.8 Å². The number of pyridine rings is 1. The van der Waals surface area contributed by atoms with Gasteiger partial charge in [0.05, 0.1) is 12.0 Å². The molecule has 3 aromatic rings. The van der Waals surface area contributed by atoms with E-state index in [0.29, 0.717) is 25.1 Å². The zero-order valence-electron chi connectivity index (χ0n) is 13.4. The first-order valence-corrected chi connectivity index (χ1v) is 7.75. The molecule has 5 heteroatoms. The largest absolute Gasteiger partial charge is 0.508 e. The number of aromatic nitrogens is 3. The van der Waals surface area contributed by atoms with Gasteiger partial charge in [-0.2, -0.15) is 0 Å². The van der Waals surface area contributed by atoms with E-state index < -0.39 is 0 Å². The summed E-state index contributed by atoms with van der Waals surface area (Å²) >= 11 is 0. The van der Waals surface area contributed by atoms with Crippen LogP contribution in [0.5, 0.6) is 5.75 Å². The van der Waals surface area contributed by atoms with Gasteiger partial charge in [0, 0.05) is 43.2 Å². The second-order valence-corrected chi connectivity index (χ2v) is 5.81. The van der Waals surface area contributed by atoms with E-state index in [1.165, 1.54) is 0 Å². The Bertz CT molecular complexity index is 840. The zero-order chi connectivity index (χ0) is 16.9. The highest BCUT2D eigenvalue weighted by Gasteiger charge is 2.13. The molecular formula is C19H20N4O. The van der Waals surface area contributed by atoms with Crippen LogP contribution in [0.4, 0.5) is 0 Å². The Morgan fingerprint density at radius 3 is 2.75 bits per heavy atom. The van der Waals surface area contributed by atoms with Gasteiger partial charge in [-0.05, 0) is 29.3 Å². The molecule has 122 valence electrons. The Kier molecular flexibility index (Phi) is 4.61. The minimum Gasteiger partial charge on any atom is -0.508 e. The lowest BCUT2D eigenvalue weighted by Gasteiger charge is -2.11. The Balaban J connectivity index is 1.90. The topological polar surface area (TPSA) is 77.0 Å². The molecule has 2 aromatic heterocycles. The quantitative estimate of drug-likeness (QED) is 0.732. The molecule has 0 aliphatic rings. The zero-order valence-corrected chi connectivity index (χ0v) is 13.4. The highest BCUT2D eigenvalue weighted by molar-refractivity contribution is 5.30.